The molecule has 0 spiro atoms. The number of aliphatic hydroxyl groups is 1. The van der Waals surface area contributed by atoms with E-state index in [4.69, 9.17) is 18.9 Å². The molecule has 2 N–H and O–H groups in total. The molecule has 30 heavy (non-hydrogen) atoms. The largest absolute Gasteiger partial charge is 0.388 e. The van der Waals surface area contributed by atoms with Gasteiger partial charge in [-0.05, 0) is 11.1 Å². The average Bonchev–Trinajstić information content (AvgIpc) is 2.76. The zero-order valence-electron chi connectivity index (χ0n) is 17.3. The summed E-state index contributed by atoms with van der Waals surface area (Å²) in [5.41, 5.74) is 2.01. The van der Waals surface area contributed by atoms with Gasteiger partial charge in [0.2, 0.25) is 5.91 Å². The van der Waals surface area contributed by atoms with Gasteiger partial charge >= 0.3 is 0 Å². The molecule has 5 atom stereocenters. The Balaban J connectivity index is 1.69. The molecule has 7 nitrogen and oxygen atoms in total. The highest BCUT2D eigenvalue weighted by atomic mass is 16.7. The first kappa shape index (κ1) is 22.4. The number of nitrogens with one attached hydrogen (secondary N) is 1. The number of carbonyl (C=O) groups is 1. The minimum atomic E-state index is -1.03. The molecule has 3 rings (SSSR count). The van der Waals surface area contributed by atoms with Gasteiger partial charge in [-0.1, -0.05) is 60.7 Å². The van der Waals surface area contributed by atoms with E-state index < -0.39 is 30.6 Å². The van der Waals surface area contributed by atoms with Crippen LogP contribution in [0.15, 0.2) is 60.7 Å². The number of ether oxygens (including phenoxy) is 4. The summed E-state index contributed by atoms with van der Waals surface area (Å²) in [6.45, 7) is 2.30. The molecule has 1 heterocycles. The third-order valence-corrected chi connectivity index (χ3v) is 4.95. The van der Waals surface area contributed by atoms with Crippen LogP contribution >= 0.6 is 0 Å². The number of amides is 1. The van der Waals surface area contributed by atoms with Crippen LogP contribution in [0.2, 0.25) is 0 Å². The Hall–Kier alpha value is -2.29. The average molecular weight is 415 g/mol. The van der Waals surface area contributed by atoms with Crippen molar-refractivity contribution < 1.29 is 28.8 Å². The van der Waals surface area contributed by atoms with Crippen LogP contribution in [0, 0.1) is 0 Å². The van der Waals surface area contributed by atoms with Crippen molar-refractivity contribution >= 4 is 5.91 Å². The Morgan fingerprint density at radius 1 is 1.03 bits per heavy atom. The highest BCUT2D eigenvalue weighted by Crippen LogP contribution is 2.26. The van der Waals surface area contributed by atoms with Crippen molar-refractivity contribution in [1.29, 1.82) is 0 Å². The SMILES string of the molecule is COC1OC(COCc2ccccc2)C(OCc2ccccc2)C(O)C1NC(C)=O. The molecule has 1 saturated heterocycles. The second-order valence-electron chi connectivity index (χ2n) is 7.26. The van der Waals surface area contributed by atoms with Crippen LogP contribution in [0.5, 0.6) is 0 Å². The lowest BCUT2D eigenvalue weighted by Crippen LogP contribution is -2.65. The Bertz CT molecular complexity index is 772. The Kier molecular flexibility index (Phi) is 8.36. The lowest BCUT2D eigenvalue weighted by atomic mass is 9.96. The summed E-state index contributed by atoms with van der Waals surface area (Å²) in [7, 11) is 1.47. The highest BCUT2D eigenvalue weighted by Gasteiger charge is 2.46. The lowest BCUT2D eigenvalue weighted by molar-refractivity contribution is -0.276. The van der Waals surface area contributed by atoms with Gasteiger partial charge in [-0.2, -0.15) is 0 Å². The van der Waals surface area contributed by atoms with E-state index in [-0.39, 0.29) is 12.5 Å². The van der Waals surface area contributed by atoms with Gasteiger partial charge in [0, 0.05) is 14.0 Å². The Morgan fingerprint density at radius 2 is 1.63 bits per heavy atom. The van der Waals surface area contributed by atoms with E-state index in [0.717, 1.165) is 11.1 Å². The molecule has 1 amide bonds. The van der Waals surface area contributed by atoms with E-state index in [1.807, 2.05) is 60.7 Å². The summed E-state index contributed by atoms with van der Waals surface area (Å²) in [4.78, 5) is 11.6. The monoisotopic (exact) mass is 415 g/mol. The van der Waals surface area contributed by atoms with E-state index >= 15 is 0 Å². The van der Waals surface area contributed by atoms with Crippen LogP contribution in [0.25, 0.3) is 0 Å². The van der Waals surface area contributed by atoms with Crippen LogP contribution in [0.3, 0.4) is 0 Å². The summed E-state index contributed by atoms with van der Waals surface area (Å²) >= 11 is 0. The molecule has 162 valence electrons. The molecule has 0 saturated carbocycles. The van der Waals surface area contributed by atoms with Crippen molar-refractivity contribution in [3.63, 3.8) is 0 Å². The van der Waals surface area contributed by atoms with Crippen molar-refractivity contribution in [2.75, 3.05) is 13.7 Å². The molecular weight excluding hydrogens is 386 g/mol. The normalized spacial score (nSPS) is 26.3. The van der Waals surface area contributed by atoms with Gasteiger partial charge in [-0.15, -0.1) is 0 Å². The van der Waals surface area contributed by atoms with Crippen molar-refractivity contribution in [2.24, 2.45) is 0 Å². The predicted molar refractivity (Wildman–Crippen MR) is 110 cm³/mol. The van der Waals surface area contributed by atoms with E-state index in [9.17, 15) is 9.90 Å². The summed E-state index contributed by atoms with van der Waals surface area (Å²) in [6.07, 6.45) is -3.11. The van der Waals surface area contributed by atoms with Crippen molar-refractivity contribution in [3.05, 3.63) is 71.8 Å². The summed E-state index contributed by atoms with van der Waals surface area (Å²) in [6, 6.07) is 18.7. The maximum atomic E-state index is 11.6. The van der Waals surface area contributed by atoms with Gasteiger partial charge in [-0.25, -0.2) is 0 Å². The minimum absolute atomic E-state index is 0.206. The van der Waals surface area contributed by atoms with Gasteiger partial charge in [0.05, 0.1) is 19.8 Å². The Morgan fingerprint density at radius 3 is 2.20 bits per heavy atom. The summed E-state index contributed by atoms with van der Waals surface area (Å²) in [5, 5.41) is 13.7. The fourth-order valence-electron chi connectivity index (χ4n) is 3.48. The molecule has 0 bridgehead atoms. The molecule has 2 aromatic rings. The minimum Gasteiger partial charge on any atom is -0.388 e. The van der Waals surface area contributed by atoms with Crippen molar-refractivity contribution in [3.8, 4) is 0 Å². The molecule has 0 radical (unpaired) electrons. The number of rotatable bonds is 9. The number of carbonyl (C=O) groups excluding carboxylic acids is 1. The number of benzene rings is 2. The fraction of sp³-hybridized carbons (Fsp3) is 0.435. The molecule has 1 aliphatic rings. The van der Waals surface area contributed by atoms with E-state index in [0.29, 0.717) is 13.2 Å². The van der Waals surface area contributed by atoms with Crippen molar-refractivity contribution in [1.82, 2.24) is 5.32 Å². The van der Waals surface area contributed by atoms with E-state index in [1.165, 1.54) is 14.0 Å². The fourth-order valence-corrected chi connectivity index (χ4v) is 3.48. The molecule has 0 aliphatic carbocycles. The van der Waals surface area contributed by atoms with Gasteiger partial charge in [0.25, 0.3) is 0 Å². The smallest absolute Gasteiger partial charge is 0.217 e. The van der Waals surface area contributed by atoms with Crippen LogP contribution < -0.4 is 5.32 Å². The first-order valence-electron chi connectivity index (χ1n) is 9.99. The van der Waals surface area contributed by atoms with Crippen LogP contribution in [0.4, 0.5) is 0 Å². The number of hydrogen-bond donors (Lipinski definition) is 2. The lowest BCUT2D eigenvalue weighted by Gasteiger charge is -2.44. The quantitative estimate of drug-likeness (QED) is 0.652. The van der Waals surface area contributed by atoms with Gasteiger partial charge in [0.1, 0.15) is 24.4 Å². The zero-order chi connectivity index (χ0) is 21.3. The molecular formula is C23H29NO6. The topological polar surface area (TPSA) is 86.2 Å². The second-order valence-corrected chi connectivity index (χ2v) is 7.26. The second kappa shape index (κ2) is 11.2. The maximum absolute atomic E-state index is 11.6. The van der Waals surface area contributed by atoms with E-state index in [1.54, 1.807) is 0 Å². The van der Waals surface area contributed by atoms with Crippen LogP contribution in [0.1, 0.15) is 18.1 Å². The third kappa shape index (κ3) is 6.10. The summed E-state index contributed by atoms with van der Waals surface area (Å²) in [5.74, 6) is -0.287. The number of aliphatic hydroxyl groups excluding tert-OH is 1. The standard InChI is InChI=1S/C23H29NO6/c1-16(25)24-20-21(26)22(29-14-18-11-7-4-8-12-18)19(30-23(20)27-2)15-28-13-17-9-5-3-6-10-17/h3-12,19-23,26H,13-15H2,1-2H3,(H,24,25). The molecule has 2 aromatic carbocycles. The van der Waals surface area contributed by atoms with Gasteiger partial charge < -0.3 is 29.4 Å². The van der Waals surface area contributed by atoms with Crippen LogP contribution in [-0.4, -0.2) is 55.4 Å². The van der Waals surface area contributed by atoms with Gasteiger partial charge in [-0.3, -0.25) is 4.79 Å². The van der Waals surface area contributed by atoms with Gasteiger partial charge in [0.15, 0.2) is 6.29 Å². The van der Waals surface area contributed by atoms with Crippen LogP contribution in [-0.2, 0) is 37.0 Å². The third-order valence-electron chi connectivity index (χ3n) is 4.95. The molecule has 1 aliphatic heterocycles. The van der Waals surface area contributed by atoms with E-state index in [2.05, 4.69) is 5.32 Å². The molecule has 1 fully saturated rings. The number of hydrogen-bond acceptors (Lipinski definition) is 6. The predicted octanol–water partition coefficient (Wildman–Crippen LogP) is 2.03. The van der Waals surface area contributed by atoms with Crippen molar-refractivity contribution in [2.45, 2.75) is 50.8 Å². The summed E-state index contributed by atoms with van der Waals surface area (Å²) < 4.78 is 23.3. The Labute approximate surface area is 176 Å². The number of methoxy groups -OCH3 is 1. The molecule has 0 aromatic heterocycles. The first-order valence-corrected chi connectivity index (χ1v) is 9.99. The molecule has 5 unspecified atom stereocenters. The maximum Gasteiger partial charge on any atom is 0.217 e. The first-order chi connectivity index (χ1) is 14.6. The zero-order valence-corrected chi connectivity index (χ0v) is 17.3. The highest BCUT2D eigenvalue weighted by molar-refractivity contribution is 5.73. The molecule has 7 heteroatoms.